The van der Waals surface area contributed by atoms with Gasteiger partial charge in [-0.25, -0.2) is 9.78 Å². The summed E-state index contributed by atoms with van der Waals surface area (Å²) in [5, 5.41) is 25.0. The van der Waals surface area contributed by atoms with Crippen molar-refractivity contribution in [2.24, 2.45) is 0 Å². The van der Waals surface area contributed by atoms with Crippen LogP contribution in [0.15, 0.2) is 48.5 Å². The average molecular weight is 493 g/mol. The molecule has 0 spiro atoms. The Morgan fingerprint density at radius 1 is 1.14 bits per heavy atom. The Morgan fingerprint density at radius 3 is 2.46 bits per heavy atom. The molecule has 0 radical (unpaired) electrons. The number of carbonyl (C=O) groups excluding carboxylic acids is 1. The molecule has 0 saturated heterocycles. The van der Waals surface area contributed by atoms with Crippen LogP contribution in [0, 0.1) is 0 Å². The van der Waals surface area contributed by atoms with Crippen LogP contribution in [0.3, 0.4) is 0 Å². The number of imidazole rings is 1. The summed E-state index contributed by atoms with van der Waals surface area (Å²) in [4.78, 5) is 17.5. The largest absolute Gasteiger partial charge is 0.456 e. The van der Waals surface area contributed by atoms with Gasteiger partial charge in [0.05, 0.1) is 11.4 Å². The van der Waals surface area contributed by atoms with Gasteiger partial charge in [0.15, 0.2) is 5.69 Å². The number of thioether (sulfide) groups is 1. The second kappa shape index (κ2) is 10.4. The zero-order chi connectivity index (χ0) is 25.0. The third-order valence-electron chi connectivity index (χ3n) is 5.56. The summed E-state index contributed by atoms with van der Waals surface area (Å²) in [5.41, 5.74) is 3.06. The lowest BCUT2D eigenvalue weighted by atomic mass is 9.98. The first-order chi connectivity index (χ1) is 16.8. The molecule has 0 aliphatic carbocycles. The SMILES string of the molecule is CCn1c(CSC)nc(C(=O)OCc2ccc(-c3ccccc3-c3nn[nH]n3)cc2)c1C(C)(C)O. The first kappa shape index (κ1) is 24.6. The van der Waals surface area contributed by atoms with Crippen LogP contribution >= 0.6 is 11.8 Å². The number of H-pyrrole nitrogens is 1. The first-order valence-corrected chi connectivity index (χ1v) is 12.6. The van der Waals surface area contributed by atoms with E-state index in [1.54, 1.807) is 25.6 Å². The summed E-state index contributed by atoms with van der Waals surface area (Å²) in [7, 11) is 0. The van der Waals surface area contributed by atoms with Crippen LogP contribution in [0.5, 0.6) is 0 Å². The molecule has 2 N–H and O–H groups in total. The van der Waals surface area contributed by atoms with E-state index in [-0.39, 0.29) is 12.3 Å². The molecule has 0 fully saturated rings. The Kier molecular flexibility index (Phi) is 7.32. The highest BCUT2D eigenvalue weighted by atomic mass is 32.2. The summed E-state index contributed by atoms with van der Waals surface area (Å²) in [6.45, 7) is 5.96. The van der Waals surface area contributed by atoms with Gasteiger partial charge in [-0.3, -0.25) is 0 Å². The fourth-order valence-electron chi connectivity index (χ4n) is 4.05. The third-order valence-corrected chi connectivity index (χ3v) is 6.10. The predicted octanol–water partition coefficient (Wildman–Crippen LogP) is 4.20. The molecule has 0 unspecified atom stereocenters. The second-order valence-corrected chi connectivity index (χ2v) is 9.38. The summed E-state index contributed by atoms with van der Waals surface area (Å²) in [6, 6.07) is 15.6. The number of nitrogens with zero attached hydrogens (tertiary/aromatic N) is 5. The molecule has 4 rings (SSSR count). The highest BCUT2D eigenvalue weighted by Crippen LogP contribution is 2.30. The normalized spacial score (nSPS) is 11.6. The zero-order valence-corrected chi connectivity index (χ0v) is 21.0. The molecule has 0 aliphatic heterocycles. The van der Waals surface area contributed by atoms with E-state index in [0.717, 1.165) is 28.1 Å². The molecule has 10 heteroatoms. The summed E-state index contributed by atoms with van der Waals surface area (Å²) in [5.74, 6) is 1.35. The van der Waals surface area contributed by atoms with Gasteiger partial charge in [0.25, 0.3) is 0 Å². The van der Waals surface area contributed by atoms with Gasteiger partial charge in [0.2, 0.25) is 5.82 Å². The van der Waals surface area contributed by atoms with E-state index in [1.165, 1.54) is 0 Å². The molecule has 0 saturated carbocycles. The van der Waals surface area contributed by atoms with Crippen molar-refractivity contribution in [3.05, 3.63) is 71.3 Å². The number of esters is 1. The van der Waals surface area contributed by atoms with Crippen molar-refractivity contribution in [3.8, 4) is 22.5 Å². The van der Waals surface area contributed by atoms with Crippen molar-refractivity contribution < 1.29 is 14.6 Å². The maximum Gasteiger partial charge on any atom is 0.359 e. The number of carbonyl (C=O) groups is 1. The number of aromatic amines is 1. The number of hydrogen-bond acceptors (Lipinski definition) is 8. The van der Waals surface area contributed by atoms with Crippen molar-refractivity contribution in [3.63, 3.8) is 0 Å². The Bertz CT molecular complexity index is 1290. The maximum atomic E-state index is 13.0. The minimum Gasteiger partial charge on any atom is -0.456 e. The lowest BCUT2D eigenvalue weighted by Crippen LogP contribution is -2.25. The number of hydrogen-bond donors (Lipinski definition) is 2. The first-order valence-electron chi connectivity index (χ1n) is 11.2. The molecule has 0 amide bonds. The number of nitrogens with one attached hydrogen (secondary N) is 1. The van der Waals surface area contributed by atoms with Crippen LogP contribution in [0.25, 0.3) is 22.5 Å². The molecular weight excluding hydrogens is 464 g/mol. The Labute approximate surface area is 207 Å². The Hall–Kier alpha value is -3.50. The van der Waals surface area contributed by atoms with Crippen molar-refractivity contribution in [2.75, 3.05) is 6.26 Å². The molecule has 2 heterocycles. The van der Waals surface area contributed by atoms with Gasteiger partial charge in [-0.1, -0.05) is 48.5 Å². The number of benzene rings is 2. The van der Waals surface area contributed by atoms with E-state index < -0.39 is 11.6 Å². The zero-order valence-electron chi connectivity index (χ0n) is 20.1. The van der Waals surface area contributed by atoms with Crippen LogP contribution in [0.4, 0.5) is 0 Å². The number of aromatic nitrogens is 6. The maximum absolute atomic E-state index is 13.0. The van der Waals surface area contributed by atoms with Crippen molar-refractivity contribution in [1.29, 1.82) is 0 Å². The van der Waals surface area contributed by atoms with Crippen LogP contribution in [-0.4, -0.2) is 47.5 Å². The monoisotopic (exact) mass is 492 g/mol. The highest BCUT2D eigenvalue weighted by Gasteiger charge is 2.32. The summed E-state index contributed by atoms with van der Waals surface area (Å²) >= 11 is 1.61. The van der Waals surface area contributed by atoms with Gasteiger partial charge in [-0.15, -0.1) is 10.2 Å². The molecule has 2 aromatic carbocycles. The highest BCUT2D eigenvalue weighted by molar-refractivity contribution is 7.97. The van der Waals surface area contributed by atoms with Crippen LogP contribution in [-0.2, 0) is 29.2 Å². The van der Waals surface area contributed by atoms with Gasteiger partial charge in [-0.2, -0.15) is 17.0 Å². The van der Waals surface area contributed by atoms with Crippen molar-refractivity contribution in [2.45, 2.75) is 45.3 Å². The van der Waals surface area contributed by atoms with Crippen LogP contribution in [0.2, 0.25) is 0 Å². The van der Waals surface area contributed by atoms with E-state index in [1.807, 2.05) is 66.3 Å². The smallest absolute Gasteiger partial charge is 0.359 e. The summed E-state index contributed by atoms with van der Waals surface area (Å²) < 4.78 is 7.50. The van der Waals surface area contributed by atoms with E-state index in [4.69, 9.17) is 4.74 Å². The van der Waals surface area contributed by atoms with Gasteiger partial charge < -0.3 is 14.4 Å². The molecule has 4 aromatic rings. The van der Waals surface area contributed by atoms with Crippen molar-refractivity contribution in [1.82, 2.24) is 30.2 Å². The topological polar surface area (TPSA) is 119 Å². The van der Waals surface area contributed by atoms with Gasteiger partial charge >= 0.3 is 5.97 Å². The van der Waals surface area contributed by atoms with Crippen molar-refractivity contribution >= 4 is 17.7 Å². The number of rotatable bonds is 9. The molecule has 0 aliphatic rings. The second-order valence-electron chi connectivity index (χ2n) is 8.52. The van der Waals surface area contributed by atoms with E-state index in [0.29, 0.717) is 23.8 Å². The molecular formula is C25H28N6O3S. The summed E-state index contributed by atoms with van der Waals surface area (Å²) in [6.07, 6.45) is 1.97. The standard InChI is InChI=1S/C25H28N6O3S/c1-5-31-20(15-35-4)26-21(22(31)25(2,3)33)24(32)34-14-16-10-12-17(13-11-16)18-8-6-7-9-19(18)23-27-29-30-28-23/h6-13,33H,5,14-15H2,1-4H3,(H,27,28,29,30). The minimum atomic E-state index is -1.23. The van der Waals surface area contributed by atoms with E-state index in [2.05, 4.69) is 25.6 Å². The van der Waals surface area contributed by atoms with Gasteiger partial charge in [-0.05, 0) is 48.9 Å². The molecule has 182 valence electrons. The van der Waals surface area contributed by atoms with E-state index in [9.17, 15) is 9.90 Å². The van der Waals surface area contributed by atoms with Gasteiger partial charge in [0.1, 0.15) is 18.0 Å². The Morgan fingerprint density at radius 2 is 1.86 bits per heavy atom. The molecule has 9 nitrogen and oxygen atoms in total. The predicted molar refractivity (Wildman–Crippen MR) is 135 cm³/mol. The number of aliphatic hydroxyl groups is 1. The lowest BCUT2D eigenvalue weighted by Gasteiger charge is -2.21. The molecule has 0 bridgehead atoms. The fraction of sp³-hybridized carbons (Fsp3) is 0.320. The van der Waals surface area contributed by atoms with Crippen LogP contribution in [0.1, 0.15) is 48.3 Å². The number of tetrazole rings is 1. The van der Waals surface area contributed by atoms with Crippen LogP contribution < -0.4 is 0 Å². The van der Waals surface area contributed by atoms with Gasteiger partial charge in [0, 0.05) is 12.1 Å². The lowest BCUT2D eigenvalue weighted by molar-refractivity contribution is 0.0421. The molecule has 2 aromatic heterocycles. The Balaban J connectivity index is 1.53. The average Bonchev–Trinajstić information content (AvgIpc) is 3.51. The minimum absolute atomic E-state index is 0.0910. The molecule has 35 heavy (non-hydrogen) atoms. The molecule has 0 atom stereocenters. The quantitative estimate of drug-likeness (QED) is 0.334. The number of ether oxygens (including phenoxy) is 1. The fourth-order valence-corrected chi connectivity index (χ4v) is 4.52. The third kappa shape index (κ3) is 5.28. The van der Waals surface area contributed by atoms with E-state index >= 15 is 0 Å².